The normalized spacial score (nSPS) is 24.8. The number of nitrogens with one attached hydrogen (secondary N) is 1. The van der Waals surface area contributed by atoms with E-state index in [0.29, 0.717) is 5.56 Å². The Hall–Kier alpha value is -1.58. The average molecular weight is 273 g/mol. The van der Waals surface area contributed by atoms with E-state index in [1.807, 2.05) is 17.0 Å². The average Bonchev–Trinajstić information content (AvgIpc) is 3.06. The Kier molecular flexibility index (Phi) is 3.90. The van der Waals surface area contributed by atoms with Crippen molar-refractivity contribution in [3.8, 4) is 0 Å². The van der Waals surface area contributed by atoms with E-state index in [2.05, 4.69) is 17.2 Å². The Balaban J connectivity index is 1.62. The molecule has 1 saturated carbocycles. The quantitative estimate of drug-likeness (QED) is 0.917. The predicted octanol–water partition coefficient (Wildman–Crippen LogP) is 2.78. The third-order valence-electron chi connectivity index (χ3n) is 4.58. The van der Waals surface area contributed by atoms with E-state index in [4.69, 9.17) is 0 Å². The van der Waals surface area contributed by atoms with Gasteiger partial charge in [0.1, 0.15) is 5.82 Å². The summed E-state index contributed by atoms with van der Waals surface area (Å²) < 4.78 is 0. The molecule has 0 aromatic carbocycles. The molecule has 1 N–H and O–H groups in total. The van der Waals surface area contributed by atoms with Gasteiger partial charge in [-0.15, -0.1) is 0 Å². The largest absolute Gasteiger partial charge is 0.370 e. The summed E-state index contributed by atoms with van der Waals surface area (Å²) in [6.07, 6.45) is 6.71. The number of amides is 1. The van der Waals surface area contributed by atoms with Gasteiger partial charge in [-0.05, 0) is 43.2 Å². The van der Waals surface area contributed by atoms with Crippen LogP contribution >= 0.6 is 0 Å². The molecule has 1 saturated heterocycles. The molecular formula is C16H23N3O. The van der Waals surface area contributed by atoms with Gasteiger partial charge in [-0.2, -0.15) is 0 Å². The van der Waals surface area contributed by atoms with E-state index in [0.717, 1.165) is 43.7 Å². The first-order chi connectivity index (χ1) is 9.78. The van der Waals surface area contributed by atoms with Crippen LogP contribution in [0.3, 0.4) is 0 Å². The highest BCUT2D eigenvalue weighted by Gasteiger charge is 2.38. The molecule has 0 radical (unpaired) electrons. The molecule has 2 aliphatic rings. The lowest BCUT2D eigenvalue weighted by Crippen LogP contribution is -2.29. The van der Waals surface area contributed by atoms with Gasteiger partial charge < -0.3 is 10.2 Å². The number of carbonyl (C=O) groups is 1. The zero-order valence-electron chi connectivity index (χ0n) is 12.1. The molecule has 0 spiro atoms. The summed E-state index contributed by atoms with van der Waals surface area (Å²) in [4.78, 5) is 18.8. The fourth-order valence-electron chi connectivity index (χ4n) is 3.46. The number of fused-ring (bicyclic) bond motifs is 1. The highest BCUT2D eigenvalue weighted by atomic mass is 16.2. The van der Waals surface area contributed by atoms with Crippen LogP contribution < -0.4 is 5.32 Å². The van der Waals surface area contributed by atoms with E-state index in [9.17, 15) is 4.79 Å². The van der Waals surface area contributed by atoms with Gasteiger partial charge in [0, 0.05) is 25.8 Å². The fraction of sp³-hybridized carbons (Fsp3) is 0.625. The van der Waals surface area contributed by atoms with Crippen molar-refractivity contribution in [2.24, 2.45) is 11.8 Å². The third kappa shape index (κ3) is 2.65. The first kappa shape index (κ1) is 13.4. The topological polar surface area (TPSA) is 45.2 Å². The van der Waals surface area contributed by atoms with Gasteiger partial charge in [-0.1, -0.05) is 13.3 Å². The Morgan fingerprint density at radius 3 is 2.70 bits per heavy atom. The maximum atomic E-state index is 12.5. The van der Waals surface area contributed by atoms with Crippen LogP contribution in [0.5, 0.6) is 0 Å². The molecule has 2 heterocycles. The van der Waals surface area contributed by atoms with Crippen molar-refractivity contribution in [1.29, 1.82) is 0 Å². The Bertz CT molecular complexity index is 459. The van der Waals surface area contributed by atoms with Crippen molar-refractivity contribution in [3.63, 3.8) is 0 Å². The van der Waals surface area contributed by atoms with Gasteiger partial charge in [0.15, 0.2) is 0 Å². The molecule has 2 atom stereocenters. The summed E-state index contributed by atoms with van der Waals surface area (Å²) in [5.74, 6) is 2.49. The standard InChI is InChI=1S/C16H23N3O/c1-2-8-17-15-7-6-12(9-18-15)16(20)19-10-13-4-3-5-14(13)11-19/h6-7,9,13-14H,2-5,8,10-11H2,1H3,(H,17,18). The maximum absolute atomic E-state index is 12.5. The van der Waals surface area contributed by atoms with Crippen molar-refractivity contribution >= 4 is 11.7 Å². The van der Waals surface area contributed by atoms with Crippen molar-refractivity contribution < 1.29 is 4.79 Å². The molecule has 4 nitrogen and oxygen atoms in total. The first-order valence-electron chi connectivity index (χ1n) is 7.77. The number of hydrogen-bond acceptors (Lipinski definition) is 3. The first-order valence-corrected chi connectivity index (χ1v) is 7.77. The SMILES string of the molecule is CCCNc1ccc(C(=O)N2CC3CCCC3C2)cn1. The minimum Gasteiger partial charge on any atom is -0.370 e. The molecule has 2 fully saturated rings. The van der Waals surface area contributed by atoms with Crippen LogP contribution in [0.4, 0.5) is 5.82 Å². The second-order valence-electron chi connectivity index (χ2n) is 6.02. The lowest BCUT2D eigenvalue weighted by Gasteiger charge is -2.17. The zero-order chi connectivity index (χ0) is 13.9. The van der Waals surface area contributed by atoms with Gasteiger partial charge in [0.2, 0.25) is 0 Å². The molecule has 0 bridgehead atoms. The molecule has 108 valence electrons. The van der Waals surface area contributed by atoms with E-state index in [1.165, 1.54) is 19.3 Å². The second-order valence-corrected chi connectivity index (χ2v) is 6.02. The molecule has 20 heavy (non-hydrogen) atoms. The number of rotatable bonds is 4. The van der Waals surface area contributed by atoms with Crippen LogP contribution in [0.15, 0.2) is 18.3 Å². The molecule has 3 rings (SSSR count). The van der Waals surface area contributed by atoms with Gasteiger partial charge in [0.25, 0.3) is 5.91 Å². The smallest absolute Gasteiger partial charge is 0.255 e. The highest BCUT2D eigenvalue weighted by molar-refractivity contribution is 5.94. The summed E-state index contributed by atoms with van der Waals surface area (Å²) >= 11 is 0. The van der Waals surface area contributed by atoms with Crippen LogP contribution in [-0.4, -0.2) is 35.4 Å². The Morgan fingerprint density at radius 1 is 1.35 bits per heavy atom. The minimum atomic E-state index is 0.147. The number of carbonyl (C=O) groups excluding carboxylic acids is 1. The number of aromatic nitrogens is 1. The molecular weight excluding hydrogens is 250 g/mol. The Morgan fingerprint density at radius 2 is 2.10 bits per heavy atom. The lowest BCUT2D eigenvalue weighted by atomic mass is 10.0. The van der Waals surface area contributed by atoms with Gasteiger partial charge in [-0.3, -0.25) is 4.79 Å². The zero-order valence-corrected chi connectivity index (χ0v) is 12.1. The Labute approximate surface area is 120 Å². The lowest BCUT2D eigenvalue weighted by molar-refractivity contribution is 0.0780. The van der Waals surface area contributed by atoms with Crippen molar-refractivity contribution in [3.05, 3.63) is 23.9 Å². The number of pyridine rings is 1. The van der Waals surface area contributed by atoms with Crippen molar-refractivity contribution in [2.45, 2.75) is 32.6 Å². The van der Waals surface area contributed by atoms with Gasteiger partial charge in [0.05, 0.1) is 5.56 Å². The van der Waals surface area contributed by atoms with E-state index in [-0.39, 0.29) is 5.91 Å². The monoisotopic (exact) mass is 273 g/mol. The van der Waals surface area contributed by atoms with Crippen molar-refractivity contribution in [2.75, 3.05) is 25.0 Å². The van der Waals surface area contributed by atoms with Crippen LogP contribution in [0, 0.1) is 11.8 Å². The summed E-state index contributed by atoms with van der Waals surface area (Å²) in [7, 11) is 0. The molecule has 1 aliphatic carbocycles. The number of likely N-dealkylation sites (tertiary alicyclic amines) is 1. The van der Waals surface area contributed by atoms with Gasteiger partial charge in [-0.25, -0.2) is 4.98 Å². The molecule has 1 aromatic rings. The predicted molar refractivity (Wildman–Crippen MR) is 79.8 cm³/mol. The summed E-state index contributed by atoms with van der Waals surface area (Å²) in [5.41, 5.74) is 0.715. The fourth-order valence-corrected chi connectivity index (χ4v) is 3.46. The molecule has 1 aromatic heterocycles. The maximum Gasteiger partial charge on any atom is 0.255 e. The van der Waals surface area contributed by atoms with Crippen LogP contribution in [-0.2, 0) is 0 Å². The van der Waals surface area contributed by atoms with Crippen molar-refractivity contribution in [1.82, 2.24) is 9.88 Å². The summed E-state index contributed by atoms with van der Waals surface area (Å²) in [6.45, 7) is 4.92. The molecule has 1 amide bonds. The van der Waals surface area contributed by atoms with E-state index < -0.39 is 0 Å². The molecule has 1 aliphatic heterocycles. The number of hydrogen-bond donors (Lipinski definition) is 1. The highest BCUT2D eigenvalue weighted by Crippen LogP contribution is 2.38. The van der Waals surface area contributed by atoms with Crippen LogP contribution in [0.25, 0.3) is 0 Å². The van der Waals surface area contributed by atoms with E-state index >= 15 is 0 Å². The molecule has 2 unspecified atom stereocenters. The minimum absolute atomic E-state index is 0.147. The summed E-state index contributed by atoms with van der Waals surface area (Å²) in [6, 6.07) is 3.79. The third-order valence-corrected chi connectivity index (χ3v) is 4.58. The van der Waals surface area contributed by atoms with E-state index in [1.54, 1.807) is 6.20 Å². The second kappa shape index (κ2) is 5.81. The molecule has 4 heteroatoms. The van der Waals surface area contributed by atoms with Crippen LogP contribution in [0.2, 0.25) is 0 Å². The summed E-state index contributed by atoms with van der Waals surface area (Å²) in [5, 5.41) is 3.23. The number of nitrogens with zero attached hydrogens (tertiary/aromatic N) is 2. The van der Waals surface area contributed by atoms with Crippen LogP contribution in [0.1, 0.15) is 43.0 Å². The number of anilines is 1. The van der Waals surface area contributed by atoms with Gasteiger partial charge >= 0.3 is 0 Å².